The zero-order chi connectivity index (χ0) is 13.2. The van der Waals surface area contributed by atoms with Crippen molar-refractivity contribution >= 4 is 11.7 Å². The van der Waals surface area contributed by atoms with Crippen LogP contribution >= 0.6 is 0 Å². The smallest absolute Gasteiger partial charge is 0.311 e. The Labute approximate surface area is 106 Å². The van der Waals surface area contributed by atoms with Gasteiger partial charge in [0, 0.05) is 11.7 Å². The number of rotatable bonds is 3. The maximum absolute atomic E-state index is 11.3. The van der Waals surface area contributed by atoms with E-state index in [1.54, 1.807) is 19.1 Å². The summed E-state index contributed by atoms with van der Waals surface area (Å²) < 4.78 is 0. The third kappa shape index (κ3) is 2.17. The molecule has 2 atom stereocenters. The number of carboxylic acid groups (broad SMARTS) is 1. The molecule has 0 aliphatic heterocycles. The van der Waals surface area contributed by atoms with Gasteiger partial charge in [-0.3, -0.25) is 4.79 Å². The van der Waals surface area contributed by atoms with Gasteiger partial charge in [-0.25, -0.2) is 0 Å². The predicted molar refractivity (Wildman–Crippen MR) is 68.2 cm³/mol. The molecule has 1 aromatic rings. The number of benzene rings is 1. The Morgan fingerprint density at radius 2 is 2.17 bits per heavy atom. The van der Waals surface area contributed by atoms with Crippen LogP contribution in [0.5, 0.6) is 0 Å². The van der Waals surface area contributed by atoms with Gasteiger partial charge in [0.05, 0.1) is 17.0 Å². The van der Waals surface area contributed by atoms with Crippen LogP contribution in [0.15, 0.2) is 24.3 Å². The minimum Gasteiger partial charge on any atom is -0.481 e. The topological polar surface area (TPSA) is 73.1 Å². The van der Waals surface area contributed by atoms with Gasteiger partial charge < -0.3 is 10.4 Å². The lowest BCUT2D eigenvalue weighted by molar-refractivity contribution is -0.147. The molecule has 0 spiro atoms. The largest absolute Gasteiger partial charge is 0.481 e. The molecule has 1 aromatic carbocycles. The number of nitrogens with zero attached hydrogens (tertiary/aromatic N) is 1. The number of nitriles is 1. The van der Waals surface area contributed by atoms with E-state index in [0.29, 0.717) is 12.0 Å². The minimum absolute atomic E-state index is 0.0528. The summed E-state index contributed by atoms with van der Waals surface area (Å²) >= 11 is 0. The average Bonchev–Trinajstić information content (AvgIpc) is 2.73. The molecule has 94 valence electrons. The summed E-state index contributed by atoms with van der Waals surface area (Å²) in [6, 6.07) is 9.11. The zero-order valence-corrected chi connectivity index (χ0v) is 10.3. The lowest BCUT2D eigenvalue weighted by atomic mass is 9.85. The maximum atomic E-state index is 11.3. The number of hydrogen-bond donors (Lipinski definition) is 2. The standard InChI is InChI=1S/C14H16N2O2/c1-14(13(17)18)8-2-3-12(14)16-11-6-4-10(9-15)5-7-11/h4-7,12,16H,2-3,8H2,1H3,(H,17,18). The first-order valence-corrected chi connectivity index (χ1v) is 6.06. The third-order valence-electron chi connectivity index (χ3n) is 3.80. The molecule has 0 amide bonds. The molecule has 0 aromatic heterocycles. The van der Waals surface area contributed by atoms with Crippen LogP contribution in [-0.2, 0) is 4.79 Å². The van der Waals surface area contributed by atoms with E-state index in [2.05, 4.69) is 11.4 Å². The summed E-state index contributed by atoms with van der Waals surface area (Å²) in [7, 11) is 0. The Morgan fingerprint density at radius 3 is 2.72 bits per heavy atom. The van der Waals surface area contributed by atoms with E-state index in [1.807, 2.05) is 12.1 Å². The number of nitrogens with one attached hydrogen (secondary N) is 1. The highest BCUT2D eigenvalue weighted by Gasteiger charge is 2.45. The molecule has 1 saturated carbocycles. The minimum atomic E-state index is -0.744. The Balaban J connectivity index is 2.13. The second kappa shape index (κ2) is 4.69. The molecule has 2 N–H and O–H groups in total. The number of carbonyl (C=O) groups is 1. The quantitative estimate of drug-likeness (QED) is 0.857. The van der Waals surface area contributed by atoms with Crippen molar-refractivity contribution < 1.29 is 9.90 Å². The van der Waals surface area contributed by atoms with Crippen molar-refractivity contribution in [2.24, 2.45) is 5.41 Å². The van der Waals surface area contributed by atoms with Gasteiger partial charge in [0.2, 0.25) is 0 Å². The number of carboxylic acids is 1. The zero-order valence-electron chi connectivity index (χ0n) is 10.3. The number of anilines is 1. The van der Waals surface area contributed by atoms with Crippen molar-refractivity contribution in [2.75, 3.05) is 5.32 Å². The van der Waals surface area contributed by atoms with Crippen molar-refractivity contribution in [2.45, 2.75) is 32.2 Å². The van der Waals surface area contributed by atoms with Crippen LogP contribution < -0.4 is 5.32 Å². The van der Waals surface area contributed by atoms with Crippen LogP contribution in [0.2, 0.25) is 0 Å². The van der Waals surface area contributed by atoms with Crippen molar-refractivity contribution in [1.82, 2.24) is 0 Å². The summed E-state index contributed by atoms with van der Waals surface area (Å²) in [5.41, 5.74) is 0.773. The van der Waals surface area contributed by atoms with E-state index in [4.69, 9.17) is 5.26 Å². The van der Waals surface area contributed by atoms with Crippen molar-refractivity contribution in [1.29, 1.82) is 5.26 Å². The molecule has 4 heteroatoms. The van der Waals surface area contributed by atoms with Crippen molar-refractivity contribution in [3.05, 3.63) is 29.8 Å². The average molecular weight is 244 g/mol. The first-order chi connectivity index (χ1) is 8.56. The molecule has 2 rings (SSSR count). The van der Waals surface area contributed by atoms with E-state index in [-0.39, 0.29) is 6.04 Å². The van der Waals surface area contributed by atoms with E-state index < -0.39 is 11.4 Å². The van der Waals surface area contributed by atoms with Crippen molar-refractivity contribution in [3.8, 4) is 6.07 Å². The highest BCUT2D eigenvalue weighted by Crippen LogP contribution is 2.39. The first kappa shape index (κ1) is 12.4. The van der Waals surface area contributed by atoms with E-state index >= 15 is 0 Å². The molecule has 18 heavy (non-hydrogen) atoms. The van der Waals surface area contributed by atoms with Crippen molar-refractivity contribution in [3.63, 3.8) is 0 Å². The SMILES string of the molecule is CC1(C(=O)O)CCCC1Nc1ccc(C#N)cc1. The lowest BCUT2D eigenvalue weighted by Crippen LogP contribution is -2.40. The lowest BCUT2D eigenvalue weighted by Gasteiger charge is -2.28. The summed E-state index contributed by atoms with van der Waals surface area (Å²) in [6.07, 6.45) is 2.50. The Kier molecular flexibility index (Phi) is 3.24. The highest BCUT2D eigenvalue weighted by molar-refractivity contribution is 5.76. The van der Waals surface area contributed by atoms with Gasteiger partial charge in [-0.1, -0.05) is 6.42 Å². The molecule has 0 saturated heterocycles. The van der Waals surface area contributed by atoms with Gasteiger partial charge in [0.15, 0.2) is 0 Å². The molecule has 1 aliphatic rings. The number of hydrogen-bond acceptors (Lipinski definition) is 3. The predicted octanol–water partition coefficient (Wildman–Crippen LogP) is 2.61. The molecule has 2 unspecified atom stereocenters. The molecule has 0 heterocycles. The van der Waals surface area contributed by atoms with Gasteiger partial charge in [-0.05, 0) is 44.0 Å². The van der Waals surface area contributed by atoms with Crippen LogP contribution in [0.1, 0.15) is 31.7 Å². The second-order valence-electron chi connectivity index (χ2n) is 5.00. The van der Waals surface area contributed by atoms with Gasteiger partial charge in [0.25, 0.3) is 0 Å². The summed E-state index contributed by atoms with van der Waals surface area (Å²) in [4.78, 5) is 11.3. The van der Waals surface area contributed by atoms with Gasteiger partial charge in [-0.15, -0.1) is 0 Å². The van der Waals surface area contributed by atoms with Gasteiger partial charge >= 0.3 is 5.97 Å². The Hall–Kier alpha value is -2.02. The molecule has 1 fully saturated rings. The normalized spacial score (nSPS) is 26.6. The fourth-order valence-electron chi connectivity index (χ4n) is 2.50. The molecular formula is C14H16N2O2. The van der Waals surface area contributed by atoms with Crippen LogP contribution in [-0.4, -0.2) is 17.1 Å². The fraction of sp³-hybridized carbons (Fsp3) is 0.429. The van der Waals surface area contributed by atoms with Crippen LogP contribution in [0.3, 0.4) is 0 Å². The van der Waals surface area contributed by atoms with E-state index in [1.165, 1.54) is 0 Å². The van der Waals surface area contributed by atoms with Gasteiger partial charge in [0.1, 0.15) is 0 Å². The second-order valence-corrected chi connectivity index (χ2v) is 5.00. The summed E-state index contributed by atoms with van der Waals surface area (Å²) in [6.45, 7) is 1.80. The summed E-state index contributed by atoms with van der Waals surface area (Å²) in [5, 5.41) is 21.3. The van der Waals surface area contributed by atoms with E-state index in [0.717, 1.165) is 18.5 Å². The fourth-order valence-corrected chi connectivity index (χ4v) is 2.50. The molecule has 0 radical (unpaired) electrons. The summed E-state index contributed by atoms with van der Waals surface area (Å²) in [5.74, 6) is -0.744. The monoisotopic (exact) mass is 244 g/mol. The molecular weight excluding hydrogens is 228 g/mol. The highest BCUT2D eigenvalue weighted by atomic mass is 16.4. The molecule has 1 aliphatic carbocycles. The molecule has 4 nitrogen and oxygen atoms in total. The maximum Gasteiger partial charge on any atom is 0.311 e. The van der Waals surface area contributed by atoms with Gasteiger partial charge in [-0.2, -0.15) is 5.26 Å². The Morgan fingerprint density at radius 1 is 1.50 bits per heavy atom. The van der Waals surface area contributed by atoms with Crippen LogP contribution in [0.4, 0.5) is 5.69 Å². The third-order valence-corrected chi connectivity index (χ3v) is 3.80. The van der Waals surface area contributed by atoms with E-state index in [9.17, 15) is 9.90 Å². The number of aliphatic carboxylic acids is 1. The van der Waals surface area contributed by atoms with Crippen LogP contribution in [0.25, 0.3) is 0 Å². The van der Waals surface area contributed by atoms with Crippen LogP contribution in [0, 0.1) is 16.7 Å². The molecule has 0 bridgehead atoms. The Bertz CT molecular complexity index is 490. The first-order valence-electron chi connectivity index (χ1n) is 6.06.